The van der Waals surface area contributed by atoms with Crippen molar-refractivity contribution in [2.45, 2.75) is 19.4 Å². The highest BCUT2D eigenvalue weighted by atomic mass is 35.5. The topological polar surface area (TPSA) is 98.5 Å². The molecule has 136 valence electrons. The smallest absolute Gasteiger partial charge is 0.258 e. The Hall–Kier alpha value is -2.86. The lowest BCUT2D eigenvalue weighted by molar-refractivity contribution is -0.128. The van der Waals surface area contributed by atoms with Crippen molar-refractivity contribution in [1.29, 1.82) is 0 Å². The highest BCUT2D eigenvalue weighted by Crippen LogP contribution is 2.22. The van der Waals surface area contributed by atoms with E-state index in [4.69, 9.17) is 22.1 Å². The maximum atomic E-state index is 12.1. The number of Topliss-reactive ketones (excluding diaryl/α,β-unsaturated/α-hetero) is 1. The number of nitrogens with one attached hydrogen (secondary N) is 1. The number of carbonyl (C=O) groups is 3. The third-order valence-corrected chi connectivity index (χ3v) is 3.91. The minimum Gasteiger partial charge on any atom is -0.483 e. The van der Waals surface area contributed by atoms with Gasteiger partial charge in [-0.25, -0.2) is 0 Å². The molecule has 0 aromatic heterocycles. The number of rotatable bonds is 8. The van der Waals surface area contributed by atoms with E-state index in [1.807, 2.05) is 30.3 Å². The van der Waals surface area contributed by atoms with Crippen molar-refractivity contribution < 1.29 is 19.1 Å². The predicted octanol–water partition coefficient (Wildman–Crippen LogP) is 2.13. The van der Waals surface area contributed by atoms with Gasteiger partial charge in [0.05, 0.1) is 11.6 Å². The molecule has 0 spiro atoms. The van der Waals surface area contributed by atoms with Gasteiger partial charge in [0, 0.05) is 5.02 Å². The van der Waals surface area contributed by atoms with Gasteiger partial charge in [0.2, 0.25) is 0 Å². The molecule has 0 aliphatic carbocycles. The van der Waals surface area contributed by atoms with Gasteiger partial charge in [0.1, 0.15) is 5.75 Å². The molecule has 1 unspecified atom stereocenters. The summed E-state index contributed by atoms with van der Waals surface area (Å²) in [6.07, 6.45) is 0.384. The molecule has 0 aliphatic heterocycles. The maximum absolute atomic E-state index is 12.1. The van der Waals surface area contributed by atoms with E-state index < -0.39 is 17.9 Å². The van der Waals surface area contributed by atoms with Crippen LogP contribution >= 0.6 is 11.6 Å². The van der Waals surface area contributed by atoms with E-state index in [2.05, 4.69) is 5.32 Å². The number of nitrogens with two attached hydrogens (primary N) is 1. The van der Waals surface area contributed by atoms with Gasteiger partial charge in [-0.3, -0.25) is 14.4 Å². The zero-order valence-corrected chi connectivity index (χ0v) is 15.0. The van der Waals surface area contributed by atoms with Gasteiger partial charge >= 0.3 is 0 Å². The van der Waals surface area contributed by atoms with E-state index in [1.54, 1.807) is 0 Å². The molecule has 6 nitrogen and oxygen atoms in total. The van der Waals surface area contributed by atoms with E-state index in [9.17, 15) is 14.4 Å². The molecule has 26 heavy (non-hydrogen) atoms. The number of hydrogen-bond donors (Lipinski definition) is 2. The Morgan fingerprint density at radius 3 is 2.46 bits per heavy atom. The molecule has 2 amide bonds. The van der Waals surface area contributed by atoms with Crippen molar-refractivity contribution in [3.8, 4) is 5.75 Å². The Labute approximate surface area is 156 Å². The molecule has 2 aromatic carbocycles. The van der Waals surface area contributed by atoms with Gasteiger partial charge in [-0.1, -0.05) is 41.9 Å². The number of hydrogen-bond acceptors (Lipinski definition) is 4. The molecule has 0 radical (unpaired) electrons. The Morgan fingerprint density at radius 2 is 1.85 bits per heavy atom. The lowest BCUT2D eigenvalue weighted by Gasteiger charge is -2.17. The first kappa shape index (κ1) is 19.5. The van der Waals surface area contributed by atoms with Crippen LogP contribution in [0.5, 0.6) is 5.75 Å². The van der Waals surface area contributed by atoms with Gasteiger partial charge < -0.3 is 15.8 Å². The summed E-state index contributed by atoms with van der Waals surface area (Å²) < 4.78 is 5.36. The van der Waals surface area contributed by atoms with Crippen LogP contribution in [0.25, 0.3) is 0 Å². The van der Waals surface area contributed by atoms with Crippen molar-refractivity contribution in [1.82, 2.24) is 5.32 Å². The van der Waals surface area contributed by atoms with Gasteiger partial charge in [-0.2, -0.15) is 0 Å². The normalized spacial score (nSPS) is 11.5. The number of ketones is 1. The van der Waals surface area contributed by atoms with Gasteiger partial charge in [-0.05, 0) is 37.1 Å². The molecule has 7 heteroatoms. The number of primary amides is 1. The number of carbonyl (C=O) groups excluding carboxylic acids is 3. The first-order valence-corrected chi connectivity index (χ1v) is 8.30. The van der Waals surface area contributed by atoms with Crippen LogP contribution in [0, 0.1) is 0 Å². The summed E-state index contributed by atoms with van der Waals surface area (Å²) in [7, 11) is 0. The van der Waals surface area contributed by atoms with Gasteiger partial charge in [0.15, 0.2) is 12.4 Å². The SMILES string of the molecule is CC(=O)C(Cc1ccccc1)NC(=O)COc1ccc(Cl)cc1C(N)=O. The largest absolute Gasteiger partial charge is 0.483 e. The number of halogens is 1. The van der Waals surface area contributed by atoms with E-state index >= 15 is 0 Å². The zero-order valence-electron chi connectivity index (χ0n) is 14.2. The molecule has 1 atom stereocenters. The summed E-state index contributed by atoms with van der Waals surface area (Å²) in [5, 5.41) is 2.97. The van der Waals surface area contributed by atoms with Crippen LogP contribution in [0.4, 0.5) is 0 Å². The van der Waals surface area contributed by atoms with E-state index in [0.29, 0.717) is 11.4 Å². The molecule has 3 N–H and O–H groups in total. The number of ether oxygens (including phenoxy) is 1. The van der Waals surface area contributed by atoms with E-state index in [-0.39, 0.29) is 23.7 Å². The molecule has 0 aliphatic rings. The van der Waals surface area contributed by atoms with E-state index in [1.165, 1.54) is 25.1 Å². The first-order chi connectivity index (χ1) is 12.4. The lowest BCUT2D eigenvalue weighted by atomic mass is 10.0. The second-order valence-corrected chi connectivity index (χ2v) is 6.15. The highest BCUT2D eigenvalue weighted by molar-refractivity contribution is 6.31. The van der Waals surface area contributed by atoms with Crippen molar-refractivity contribution in [2.24, 2.45) is 5.73 Å². The fourth-order valence-corrected chi connectivity index (χ4v) is 2.52. The van der Waals surface area contributed by atoms with Crippen molar-refractivity contribution in [3.63, 3.8) is 0 Å². The summed E-state index contributed by atoms with van der Waals surface area (Å²) in [5.74, 6) is -1.20. The second kappa shape index (κ2) is 9.01. The molecule has 2 rings (SSSR count). The first-order valence-electron chi connectivity index (χ1n) is 7.92. The predicted molar refractivity (Wildman–Crippen MR) is 98.2 cm³/mol. The average Bonchev–Trinajstić information content (AvgIpc) is 2.60. The summed E-state index contributed by atoms with van der Waals surface area (Å²) in [4.78, 5) is 35.4. The van der Waals surface area contributed by atoms with Crippen molar-refractivity contribution >= 4 is 29.2 Å². The Kier molecular flexibility index (Phi) is 6.74. The Bertz CT molecular complexity index is 808. The van der Waals surface area contributed by atoms with Crippen LogP contribution in [-0.2, 0) is 16.0 Å². The summed E-state index contributed by atoms with van der Waals surface area (Å²) in [6, 6.07) is 13.1. The molecule has 0 saturated carbocycles. The van der Waals surface area contributed by atoms with Crippen LogP contribution in [-0.4, -0.2) is 30.2 Å². The van der Waals surface area contributed by atoms with Crippen LogP contribution < -0.4 is 15.8 Å². The fourth-order valence-electron chi connectivity index (χ4n) is 2.35. The highest BCUT2D eigenvalue weighted by Gasteiger charge is 2.18. The Balaban J connectivity index is 1.99. The van der Waals surface area contributed by atoms with Crippen LogP contribution in [0.3, 0.4) is 0 Å². The fraction of sp³-hybridized carbons (Fsp3) is 0.211. The molecule has 0 heterocycles. The van der Waals surface area contributed by atoms with Crippen LogP contribution in [0.1, 0.15) is 22.8 Å². The third kappa shape index (κ3) is 5.60. The summed E-state index contributed by atoms with van der Waals surface area (Å²) in [6.45, 7) is 1.06. The molecule has 0 saturated heterocycles. The molecule has 0 fully saturated rings. The van der Waals surface area contributed by atoms with Crippen LogP contribution in [0.15, 0.2) is 48.5 Å². The molecular formula is C19H19ClN2O4. The maximum Gasteiger partial charge on any atom is 0.258 e. The lowest BCUT2D eigenvalue weighted by Crippen LogP contribution is -2.43. The van der Waals surface area contributed by atoms with Crippen LogP contribution in [0.2, 0.25) is 5.02 Å². The second-order valence-electron chi connectivity index (χ2n) is 5.71. The van der Waals surface area contributed by atoms with Gasteiger partial charge in [0.25, 0.3) is 11.8 Å². The molecule has 2 aromatic rings. The monoisotopic (exact) mass is 374 g/mol. The standard InChI is InChI=1S/C19H19ClN2O4/c1-12(23)16(9-13-5-3-2-4-6-13)22-18(24)11-26-17-8-7-14(20)10-15(17)19(21)25/h2-8,10,16H,9,11H2,1H3,(H2,21,25)(H,22,24). The average molecular weight is 375 g/mol. The minimum atomic E-state index is -0.714. The summed E-state index contributed by atoms with van der Waals surface area (Å²) in [5.41, 5.74) is 6.29. The zero-order chi connectivity index (χ0) is 19.1. The minimum absolute atomic E-state index is 0.0812. The van der Waals surface area contributed by atoms with E-state index in [0.717, 1.165) is 5.56 Å². The summed E-state index contributed by atoms with van der Waals surface area (Å²) >= 11 is 5.82. The molecule has 0 bridgehead atoms. The third-order valence-electron chi connectivity index (χ3n) is 3.67. The number of amides is 2. The Morgan fingerprint density at radius 1 is 1.15 bits per heavy atom. The number of benzene rings is 2. The van der Waals surface area contributed by atoms with Crippen molar-refractivity contribution in [3.05, 3.63) is 64.7 Å². The van der Waals surface area contributed by atoms with Crippen molar-refractivity contribution in [2.75, 3.05) is 6.61 Å². The molecular weight excluding hydrogens is 356 g/mol. The van der Waals surface area contributed by atoms with Gasteiger partial charge in [-0.15, -0.1) is 0 Å². The quantitative estimate of drug-likeness (QED) is 0.739.